The zero-order valence-electron chi connectivity index (χ0n) is 9.53. The molecule has 3 nitrogen and oxygen atoms in total. The van der Waals surface area contributed by atoms with Gasteiger partial charge in [-0.2, -0.15) is 11.8 Å². The van der Waals surface area contributed by atoms with Gasteiger partial charge in [-0.05, 0) is 31.4 Å². The van der Waals surface area contributed by atoms with Crippen LogP contribution in [-0.4, -0.2) is 29.1 Å². The maximum Gasteiger partial charge on any atom is 0.336 e. The Balaban J connectivity index is 2.33. The van der Waals surface area contributed by atoms with Crippen molar-refractivity contribution in [3.8, 4) is 0 Å². The molecule has 90 valence electrons. The lowest BCUT2D eigenvalue weighted by Gasteiger charge is -2.11. The van der Waals surface area contributed by atoms with Gasteiger partial charge in [0.15, 0.2) is 0 Å². The molecule has 0 aliphatic rings. The van der Waals surface area contributed by atoms with E-state index in [0.717, 1.165) is 23.6 Å². The monoisotopic (exact) mass is 259 g/mol. The zero-order valence-corrected chi connectivity index (χ0v) is 11.2. The fraction of sp³-hybridized carbons (Fsp3) is 0.545. The van der Waals surface area contributed by atoms with Crippen LogP contribution in [0.25, 0.3) is 0 Å². The first kappa shape index (κ1) is 13.5. The van der Waals surface area contributed by atoms with Crippen molar-refractivity contribution in [1.82, 2.24) is 5.32 Å². The first-order valence-corrected chi connectivity index (χ1v) is 7.44. The number of carboxylic acid groups (broad SMARTS) is 1. The minimum atomic E-state index is -0.849. The standard InChI is InChI=1S/C11H17NO2S2/c1-8(3-4-15-2)12-6-10-5-9(7-16-10)11(13)14/h5,7-8,12H,3-4,6H2,1-2H3,(H,13,14). The smallest absolute Gasteiger partial charge is 0.336 e. The van der Waals surface area contributed by atoms with Gasteiger partial charge < -0.3 is 10.4 Å². The molecular formula is C11H17NO2S2. The first-order valence-electron chi connectivity index (χ1n) is 5.16. The number of nitrogens with one attached hydrogen (secondary N) is 1. The molecule has 0 aliphatic heterocycles. The van der Waals surface area contributed by atoms with Crippen LogP contribution in [0.15, 0.2) is 11.4 Å². The predicted molar refractivity (Wildman–Crippen MR) is 70.6 cm³/mol. The molecule has 0 amide bonds. The first-order chi connectivity index (χ1) is 7.63. The number of thioether (sulfide) groups is 1. The molecule has 0 aliphatic carbocycles. The molecule has 0 saturated carbocycles. The van der Waals surface area contributed by atoms with Crippen molar-refractivity contribution < 1.29 is 9.90 Å². The van der Waals surface area contributed by atoms with Crippen LogP contribution in [0, 0.1) is 0 Å². The van der Waals surface area contributed by atoms with Crippen molar-refractivity contribution in [1.29, 1.82) is 0 Å². The highest BCUT2D eigenvalue weighted by Crippen LogP contribution is 2.14. The third kappa shape index (κ3) is 4.55. The van der Waals surface area contributed by atoms with Gasteiger partial charge in [0.2, 0.25) is 0 Å². The van der Waals surface area contributed by atoms with Crippen molar-refractivity contribution in [3.05, 3.63) is 21.9 Å². The topological polar surface area (TPSA) is 49.3 Å². The van der Waals surface area contributed by atoms with E-state index in [1.165, 1.54) is 11.3 Å². The minimum Gasteiger partial charge on any atom is -0.478 e. The number of carbonyl (C=O) groups is 1. The summed E-state index contributed by atoms with van der Waals surface area (Å²) in [4.78, 5) is 11.8. The maximum absolute atomic E-state index is 10.7. The molecule has 16 heavy (non-hydrogen) atoms. The number of hydrogen-bond acceptors (Lipinski definition) is 4. The third-order valence-electron chi connectivity index (χ3n) is 2.28. The molecule has 0 spiro atoms. The van der Waals surface area contributed by atoms with Crippen molar-refractivity contribution in [2.24, 2.45) is 0 Å². The summed E-state index contributed by atoms with van der Waals surface area (Å²) >= 11 is 3.34. The quantitative estimate of drug-likeness (QED) is 0.790. The van der Waals surface area contributed by atoms with Crippen molar-refractivity contribution >= 4 is 29.1 Å². The van der Waals surface area contributed by atoms with Crippen LogP contribution < -0.4 is 5.32 Å². The molecule has 5 heteroatoms. The number of rotatable bonds is 7. The highest BCUT2D eigenvalue weighted by Gasteiger charge is 2.07. The Labute approximate surface area is 104 Å². The van der Waals surface area contributed by atoms with Gasteiger partial charge in [0.1, 0.15) is 0 Å². The van der Waals surface area contributed by atoms with E-state index in [2.05, 4.69) is 18.5 Å². The molecule has 0 bridgehead atoms. The highest BCUT2D eigenvalue weighted by atomic mass is 32.2. The van der Waals surface area contributed by atoms with Gasteiger partial charge >= 0.3 is 5.97 Å². The Morgan fingerprint density at radius 3 is 3.00 bits per heavy atom. The molecule has 0 radical (unpaired) electrons. The van der Waals surface area contributed by atoms with Crippen LogP contribution in [0.1, 0.15) is 28.6 Å². The minimum absolute atomic E-state index is 0.388. The van der Waals surface area contributed by atoms with Gasteiger partial charge in [0, 0.05) is 22.8 Å². The average molecular weight is 259 g/mol. The summed E-state index contributed by atoms with van der Waals surface area (Å²) < 4.78 is 0. The second-order valence-corrected chi connectivity index (χ2v) is 5.65. The van der Waals surface area contributed by atoms with Crippen molar-refractivity contribution in [2.45, 2.75) is 25.9 Å². The van der Waals surface area contributed by atoms with E-state index in [9.17, 15) is 4.79 Å². The van der Waals surface area contributed by atoms with Gasteiger partial charge in [0.25, 0.3) is 0 Å². The van der Waals surface area contributed by atoms with Gasteiger partial charge in [-0.25, -0.2) is 4.79 Å². The average Bonchev–Trinajstić information content (AvgIpc) is 2.72. The molecule has 1 rings (SSSR count). The van der Waals surface area contributed by atoms with Crippen LogP contribution >= 0.6 is 23.1 Å². The Morgan fingerprint density at radius 1 is 1.69 bits per heavy atom. The summed E-state index contributed by atoms with van der Waals surface area (Å²) in [6.45, 7) is 2.91. The number of carboxylic acids is 1. The molecule has 1 unspecified atom stereocenters. The summed E-state index contributed by atoms with van der Waals surface area (Å²) in [5.74, 6) is 0.303. The molecule has 1 aromatic rings. The van der Waals surface area contributed by atoms with E-state index in [1.54, 1.807) is 11.4 Å². The second kappa shape index (κ2) is 6.93. The molecule has 0 fully saturated rings. The van der Waals surface area contributed by atoms with Gasteiger partial charge in [-0.1, -0.05) is 0 Å². The molecular weight excluding hydrogens is 242 g/mol. The van der Waals surface area contributed by atoms with E-state index in [0.29, 0.717) is 11.6 Å². The Morgan fingerprint density at radius 2 is 2.44 bits per heavy atom. The third-order valence-corrected chi connectivity index (χ3v) is 3.86. The van der Waals surface area contributed by atoms with E-state index in [4.69, 9.17) is 5.11 Å². The lowest BCUT2D eigenvalue weighted by molar-refractivity contribution is 0.0697. The summed E-state index contributed by atoms with van der Waals surface area (Å²) in [7, 11) is 0. The van der Waals surface area contributed by atoms with Crippen molar-refractivity contribution in [3.63, 3.8) is 0 Å². The normalized spacial score (nSPS) is 12.6. The number of hydrogen-bond donors (Lipinski definition) is 2. The van der Waals surface area contributed by atoms with E-state index >= 15 is 0 Å². The molecule has 2 N–H and O–H groups in total. The fourth-order valence-electron chi connectivity index (χ4n) is 1.26. The van der Waals surface area contributed by atoms with Crippen LogP contribution in [-0.2, 0) is 6.54 Å². The van der Waals surface area contributed by atoms with Crippen molar-refractivity contribution in [2.75, 3.05) is 12.0 Å². The SMILES string of the molecule is CSCCC(C)NCc1cc(C(=O)O)cs1. The molecule has 1 heterocycles. The fourth-order valence-corrected chi connectivity index (χ4v) is 2.66. The Hall–Kier alpha value is -0.520. The predicted octanol–water partition coefficient (Wildman–Crippen LogP) is 2.68. The lowest BCUT2D eigenvalue weighted by atomic mass is 10.2. The molecule has 0 saturated heterocycles. The van der Waals surface area contributed by atoms with Gasteiger partial charge in [0.05, 0.1) is 5.56 Å². The second-order valence-electron chi connectivity index (χ2n) is 3.67. The van der Waals surface area contributed by atoms with Crippen LogP contribution in [0.2, 0.25) is 0 Å². The van der Waals surface area contributed by atoms with E-state index < -0.39 is 5.97 Å². The summed E-state index contributed by atoms with van der Waals surface area (Å²) in [5, 5.41) is 13.9. The highest BCUT2D eigenvalue weighted by molar-refractivity contribution is 7.98. The van der Waals surface area contributed by atoms with Gasteiger partial charge in [-0.15, -0.1) is 11.3 Å². The number of thiophene rings is 1. The zero-order chi connectivity index (χ0) is 12.0. The lowest BCUT2D eigenvalue weighted by Crippen LogP contribution is -2.25. The van der Waals surface area contributed by atoms with E-state index in [-0.39, 0.29) is 0 Å². The maximum atomic E-state index is 10.7. The van der Waals surface area contributed by atoms with Crippen LogP contribution in [0.4, 0.5) is 0 Å². The van der Waals surface area contributed by atoms with Gasteiger partial charge in [-0.3, -0.25) is 0 Å². The van der Waals surface area contributed by atoms with Crippen LogP contribution in [0.5, 0.6) is 0 Å². The molecule has 1 atom stereocenters. The van der Waals surface area contributed by atoms with E-state index in [1.807, 2.05) is 11.8 Å². The Bertz CT molecular complexity index is 338. The summed E-state index contributed by atoms with van der Waals surface area (Å²) in [6, 6.07) is 2.21. The summed E-state index contributed by atoms with van der Waals surface area (Å²) in [6.07, 6.45) is 3.24. The number of aromatic carboxylic acids is 1. The largest absolute Gasteiger partial charge is 0.478 e. The Kier molecular flexibility index (Phi) is 5.87. The summed E-state index contributed by atoms with van der Waals surface area (Å²) in [5.41, 5.74) is 0.388. The molecule has 1 aromatic heterocycles. The molecule has 0 aromatic carbocycles. The van der Waals surface area contributed by atoms with Crippen LogP contribution in [0.3, 0.4) is 0 Å².